The summed E-state index contributed by atoms with van der Waals surface area (Å²) in [6, 6.07) is 19.7. The summed E-state index contributed by atoms with van der Waals surface area (Å²) in [5.74, 6) is -3.11. The van der Waals surface area contributed by atoms with Crippen LogP contribution in [0.15, 0.2) is 65.5 Å². The molecule has 234 valence electrons. The Labute approximate surface area is 259 Å². The summed E-state index contributed by atoms with van der Waals surface area (Å²) in [5, 5.41) is 10.2. The van der Waals surface area contributed by atoms with Gasteiger partial charge >= 0.3 is 23.9 Å². The smallest absolute Gasteiger partial charge is 0.303 e. The molecule has 12 nitrogen and oxygen atoms in total. The minimum Gasteiger partial charge on any atom is -0.463 e. The number of aryl methyl sites for hydroxylation is 1. The van der Waals surface area contributed by atoms with Gasteiger partial charge in [-0.25, -0.2) is 0 Å². The average Bonchev–Trinajstić information content (AvgIpc) is 2.98. The third kappa shape index (κ3) is 7.45. The standard InChI is InChI=1S/C33H32N2O10/c1-18-11-13-24(14-12-18)27-15-25(23-9-7-6-8-10-23)26(16-34)32(40)35(27)33-31(44-22(5)39)30(43-21(4)38)29(42-20(3)37)28(45-33)17-41-19(2)36/h6-15,28-31,33H,17H2,1-5H3/t28-,29+,30+,31-,33-/m1/s1. The molecular weight excluding hydrogens is 584 g/mol. The summed E-state index contributed by atoms with van der Waals surface area (Å²) >= 11 is 0. The molecule has 1 saturated heterocycles. The Kier molecular flexibility index (Phi) is 10.2. The summed E-state index contributed by atoms with van der Waals surface area (Å²) in [5.41, 5.74) is 1.69. The van der Waals surface area contributed by atoms with E-state index in [4.69, 9.17) is 23.7 Å². The number of esters is 4. The van der Waals surface area contributed by atoms with Crippen LogP contribution in [0, 0.1) is 18.3 Å². The molecule has 45 heavy (non-hydrogen) atoms. The minimum absolute atomic E-state index is 0.232. The van der Waals surface area contributed by atoms with Crippen LogP contribution in [0.1, 0.15) is 45.0 Å². The summed E-state index contributed by atoms with van der Waals surface area (Å²) < 4.78 is 29.3. The molecule has 0 aliphatic carbocycles. The molecule has 0 unspecified atom stereocenters. The second-order valence-corrected chi connectivity index (χ2v) is 10.4. The number of aromatic nitrogens is 1. The Bertz CT molecular complexity index is 1690. The van der Waals surface area contributed by atoms with Gasteiger partial charge in [-0.1, -0.05) is 60.2 Å². The second kappa shape index (κ2) is 14.0. The lowest BCUT2D eigenvalue weighted by molar-refractivity contribution is -0.268. The van der Waals surface area contributed by atoms with Gasteiger partial charge in [-0.2, -0.15) is 5.26 Å². The van der Waals surface area contributed by atoms with Crippen molar-refractivity contribution >= 4 is 23.9 Å². The fraction of sp³-hybridized carbons (Fsp3) is 0.333. The lowest BCUT2D eigenvalue weighted by Crippen LogP contribution is -2.61. The summed E-state index contributed by atoms with van der Waals surface area (Å²) in [6.45, 7) is 5.90. The number of pyridine rings is 1. The van der Waals surface area contributed by atoms with Crippen molar-refractivity contribution in [2.24, 2.45) is 0 Å². The molecule has 1 aromatic heterocycles. The van der Waals surface area contributed by atoms with Crippen molar-refractivity contribution in [3.63, 3.8) is 0 Å². The van der Waals surface area contributed by atoms with Gasteiger partial charge in [-0.3, -0.25) is 28.5 Å². The Hall–Kier alpha value is -5.28. The van der Waals surface area contributed by atoms with Gasteiger partial charge in [0.2, 0.25) is 0 Å². The van der Waals surface area contributed by atoms with Crippen LogP contribution >= 0.6 is 0 Å². The first-order valence-corrected chi connectivity index (χ1v) is 14.0. The summed E-state index contributed by atoms with van der Waals surface area (Å²) in [6.07, 6.45) is -7.32. The molecule has 0 bridgehead atoms. The number of benzene rings is 2. The molecule has 2 aromatic carbocycles. The fourth-order valence-corrected chi connectivity index (χ4v) is 5.19. The molecule has 3 aromatic rings. The Morgan fingerprint density at radius 1 is 0.800 bits per heavy atom. The van der Waals surface area contributed by atoms with Crippen molar-refractivity contribution in [3.8, 4) is 28.5 Å². The third-order valence-electron chi connectivity index (χ3n) is 7.01. The number of hydrogen-bond acceptors (Lipinski definition) is 11. The van der Waals surface area contributed by atoms with Crippen LogP contribution in [-0.2, 0) is 42.9 Å². The maximum absolute atomic E-state index is 14.4. The number of rotatable bonds is 8. The topological polar surface area (TPSA) is 160 Å². The SMILES string of the molecule is CC(=O)OC[C@H]1O[C@@H](n2c(-c3ccc(C)cc3)cc(-c3ccccc3)c(C#N)c2=O)[C@H](OC(C)=O)[C@@H](OC(C)=O)[C@H]1OC(C)=O. The molecule has 2 heterocycles. The molecule has 1 aliphatic heterocycles. The van der Waals surface area contributed by atoms with Crippen molar-refractivity contribution < 1.29 is 42.9 Å². The highest BCUT2D eigenvalue weighted by Gasteiger charge is 2.53. The highest BCUT2D eigenvalue weighted by atomic mass is 16.7. The summed E-state index contributed by atoms with van der Waals surface area (Å²) in [4.78, 5) is 63.1. The first kappa shape index (κ1) is 32.6. The van der Waals surface area contributed by atoms with E-state index in [9.17, 15) is 29.2 Å². The predicted octanol–water partition coefficient (Wildman–Crippen LogP) is 3.62. The van der Waals surface area contributed by atoms with Crippen LogP contribution < -0.4 is 5.56 Å². The minimum atomic E-state index is -1.56. The molecule has 12 heteroatoms. The zero-order chi connectivity index (χ0) is 32.8. The van der Waals surface area contributed by atoms with E-state index < -0.39 is 66.7 Å². The zero-order valence-electron chi connectivity index (χ0n) is 25.3. The molecule has 0 spiro atoms. The summed E-state index contributed by atoms with van der Waals surface area (Å²) in [7, 11) is 0. The number of hydrogen-bond donors (Lipinski definition) is 0. The van der Waals surface area contributed by atoms with E-state index in [1.165, 1.54) is 0 Å². The molecule has 0 amide bonds. The maximum Gasteiger partial charge on any atom is 0.303 e. The number of carbonyl (C=O) groups excluding carboxylic acids is 4. The largest absolute Gasteiger partial charge is 0.463 e. The van der Waals surface area contributed by atoms with E-state index in [1.807, 2.05) is 25.1 Å². The van der Waals surface area contributed by atoms with E-state index >= 15 is 0 Å². The number of carbonyl (C=O) groups is 4. The van der Waals surface area contributed by atoms with E-state index in [1.54, 1.807) is 48.5 Å². The Morgan fingerprint density at radius 3 is 1.93 bits per heavy atom. The van der Waals surface area contributed by atoms with Gasteiger partial charge in [0.1, 0.15) is 24.3 Å². The van der Waals surface area contributed by atoms with Crippen molar-refractivity contribution in [1.29, 1.82) is 5.26 Å². The molecule has 0 saturated carbocycles. The third-order valence-corrected chi connectivity index (χ3v) is 7.01. The van der Waals surface area contributed by atoms with Crippen LogP contribution in [0.4, 0.5) is 0 Å². The van der Waals surface area contributed by atoms with Gasteiger partial charge in [-0.05, 0) is 24.1 Å². The Balaban J connectivity index is 2.05. The van der Waals surface area contributed by atoms with Gasteiger partial charge in [-0.15, -0.1) is 0 Å². The predicted molar refractivity (Wildman–Crippen MR) is 158 cm³/mol. The van der Waals surface area contributed by atoms with Crippen molar-refractivity contribution in [1.82, 2.24) is 4.57 Å². The molecule has 1 aliphatic rings. The molecule has 1 fully saturated rings. The average molecular weight is 617 g/mol. The normalized spacial score (nSPS) is 20.8. The van der Waals surface area contributed by atoms with Crippen molar-refractivity contribution in [3.05, 3.63) is 82.1 Å². The van der Waals surface area contributed by atoms with Gasteiger partial charge < -0.3 is 23.7 Å². The van der Waals surface area contributed by atoms with E-state index in [0.29, 0.717) is 16.7 Å². The maximum atomic E-state index is 14.4. The number of nitriles is 1. The molecule has 4 rings (SSSR count). The van der Waals surface area contributed by atoms with Crippen LogP contribution in [0.5, 0.6) is 0 Å². The molecule has 5 atom stereocenters. The van der Waals surface area contributed by atoms with Gasteiger partial charge in [0, 0.05) is 33.3 Å². The lowest BCUT2D eigenvalue weighted by Gasteiger charge is -2.45. The van der Waals surface area contributed by atoms with E-state index in [0.717, 1.165) is 37.8 Å². The van der Waals surface area contributed by atoms with Crippen LogP contribution in [-0.4, -0.2) is 59.5 Å². The monoisotopic (exact) mass is 616 g/mol. The first-order valence-electron chi connectivity index (χ1n) is 14.0. The molecule has 0 radical (unpaired) electrons. The number of ether oxygens (including phenoxy) is 5. The van der Waals surface area contributed by atoms with Crippen LogP contribution in [0.25, 0.3) is 22.4 Å². The van der Waals surface area contributed by atoms with E-state index in [2.05, 4.69) is 0 Å². The Morgan fingerprint density at radius 2 is 1.38 bits per heavy atom. The quantitative estimate of drug-likeness (QED) is 0.269. The highest BCUT2D eigenvalue weighted by Crippen LogP contribution is 2.38. The van der Waals surface area contributed by atoms with Crippen LogP contribution in [0.2, 0.25) is 0 Å². The fourth-order valence-electron chi connectivity index (χ4n) is 5.19. The van der Waals surface area contributed by atoms with Gasteiger partial charge in [0.05, 0.1) is 5.69 Å². The highest BCUT2D eigenvalue weighted by molar-refractivity contribution is 5.76. The van der Waals surface area contributed by atoms with E-state index in [-0.39, 0.29) is 11.3 Å². The number of nitrogens with zero attached hydrogens (tertiary/aromatic N) is 2. The lowest BCUT2D eigenvalue weighted by atomic mass is 9.94. The van der Waals surface area contributed by atoms with Gasteiger partial charge in [0.25, 0.3) is 5.56 Å². The second-order valence-electron chi connectivity index (χ2n) is 10.4. The van der Waals surface area contributed by atoms with Crippen molar-refractivity contribution in [2.75, 3.05) is 6.61 Å². The van der Waals surface area contributed by atoms with Gasteiger partial charge in [0.15, 0.2) is 24.5 Å². The van der Waals surface area contributed by atoms with Crippen LogP contribution in [0.3, 0.4) is 0 Å². The molecule has 0 N–H and O–H groups in total. The zero-order valence-corrected chi connectivity index (χ0v) is 25.3. The first-order chi connectivity index (χ1) is 21.4. The van der Waals surface area contributed by atoms with Crippen molar-refractivity contribution in [2.45, 2.75) is 65.3 Å². The molecular formula is C33H32N2O10.